The van der Waals surface area contributed by atoms with E-state index in [0.29, 0.717) is 0 Å². The van der Waals surface area contributed by atoms with Gasteiger partial charge in [-0.05, 0) is 44.4 Å². The molecule has 1 aliphatic rings. The summed E-state index contributed by atoms with van der Waals surface area (Å²) >= 11 is 7.64. The minimum absolute atomic E-state index is 0.204. The SMILES string of the molecule is CC1CCC(CN)(N(C)Cc2ccc(Cl)s2)C1. The standard InChI is InChI=1S/C13H21ClN2S/c1-10-5-6-13(7-10,9-15)16(2)8-11-3-4-12(14)17-11/h3-4,10H,5-9,15H2,1-2H3. The van der Waals surface area contributed by atoms with E-state index in [1.807, 2.05) is 6.07 Å². The van der Waals surface area contributed by atoms with Crippen LogP contribution >= 0.6 is 22.9 Å². The maximum atomic E-state index is 6.03. The van der Waals surface area contributed by atoms with Gasteiger partial charge in [0.1, 0.15) is 0 Å². The van der Waals surface area contributed by atoms with E-state index in [0.717, 1.165) is 23.3 Å². The molecule has 4 heteroatoms. The Morgan fingerprint density at radius 3 is 2.82 bits per heavy atom. The van der Waals surface area contributed by atoms with Crippen molar-refractivity contribution in [2.24, 2.45) is 11.7 Å². The van der Waals surface area contributed by atoms with Gasteiger partial charge in [0, 0.05) is 23.5 Å². The molecule has 2 nitrogen and oxygen atoms in total. The zero-order valence-electron chi connectivity index (χ0n) is 10.6. The summed E-state index contributed by atoms with van der Waals surface area (Å²) in [6, 6.07) is 4.09. The first-order chi connectivity index (χ1) is 8.05. The Morgan fingerprint density at radius 2 is 2.35 bits per heavy atom. The Labute approximate surface area is 113 Å². The highest BCUT2D eigenvalue weighted by molar-refractivity contribution is 7.16. The lowest BCUT2D eigenvalue weighted by atomic mass is 9.94. The number of likely N-dealkylation sites (N-methyl/N-ethyl adjacent to an activating group) is 1. The van der Waals surface area contributed by atoms with Crippen LogP contribution in [0, 0.1) is 5.92 Å². The third-order valence-corrected chi connectivity index (χ3v) is 5.26. The van der Waals surface area contributed by atoms with Gasteiger partial charge in [0.15, 0.2) is 0 Å². The van der Waals surface area contributed by atoms with Crippen LogP contribution in [0.15, 0.2) is 12.1 Å². The smallest absolute Gasteiger partial charge is 0.0931 e. The van der Waals surface area contributed by atoms with Crippen molar-refractivity contribution in [1.82, 2.24) is 4.90 Å². The van der Waals surface area contributed by atoms with Gasteiger partial charge in [-0.15, -0.1) is 11.3 Å². The molecule has 0 aromatic carbocycles. The van der Waals surface area contributed by atoms with Crippen LogP contribution in [0.3, 0.4) is 0 Å². The van der Waals surface area contributed by atoms with E-state index in [9.17, 15) is 0 Å². The molecule has 1 aromatic rings. The number of rotatable bonds is 4. The topological polar surface area (TPSA) is 29.3 Å². The predicted molar refractivity (Wildman–Crippen MR) is 75.6 cm³/mol. The van der Waals surface area contributed by atoms with Crippen LogP contribution in [-0.4, -0.2) is 24.0 Å². The normalized spacial score (nSPS) is 29.1. The van der Waals surface area contributed by atoms with Gasteiger partial charge in [-0.3, -0.25) is 4.90 Å². The average Bonchev–Trinajstić information content (AvgIpc) is 2.86. The molecular formula is C13H21ClN2S. The summed E-state index contributed by atoms with van der Waals surface area (Å²) in [6.45, 7) is 4.04. The van der Waals surface area contributed by atoms with Gasteiger partial charge in [0.2, 0.25) is 0 Å². The van der Waals surface area contributed by atoms with Crippen LogP contribution in [0.5, 0.6) is 0 Å². The van der Waals surface area contributed by atoms with Crippen molar-refractivity contribution in [2.75, 3.05) is 13.6 Å². The van der Waals surface area contributed by atoms with Crippen molar-refractivity contribution in [2.45, 2.75) is 38.3 Å². The Hall–Kier alpha value is -0.0900. The average molecular weight is 273 g/mol. The molecule has 0 saturated heterocycles. The highest BCUT2D eigenvalue weighted by atomic mass is 35.5. The Bertz CT molecular complexity index is 379. The number of hydrogen-bond donors (Lipinski definition) is 1. The maximum Gasteiger partial charge on any atom is 0.0931 e. The molecule has 2 rings (SSSR count). The predicted octanol–water partition coefficient (Wildman–Crippen LogP) is 3.35. The summed E-state index contributed by atoms with van der Waals surface area (Å²) in [5, 5.41) is 0. The molecule has 1 fully saturated rings. The first-order valence-corrected chi connectivity index (χ1v) is 7.41. The summed E-state index contributed by atoms with van der Waals surface area (Å²) in [5.74, 6) is 0.799. The summed E-state index contributed by atoms with van der Waals surface area (Å²) < 4.78 is 0.870. The monoisotopic (exact) mass is 272 g/mol. The molecule has 0 bridgehead atoms. The van der Waals surface area contributed by atoms with Gasteiger partial charge in [-0.25, -0.2) is 0 Å². The van der Waals surface area contributed by atoms with Crippen molar-refractivity contribution in [3.8, 4) is 0 Å². The van der Waals surface area contributed by atoms with Gasteiger partial charge < -0.3 is 5.73 Å². The van der Waals surface area contributed by atoms with Crippen LogP contribution in [0.4, 0.5) is 0 Å². The van der Waals surface area contributed by atoms with Crippen molar-refractivity contribution in [3.05, 3.63) is 21.3 Å². The molecule has 0 amide bonds. The Kier molecular flexibility index (Phi) is 4.14. The first kappa shape index (κ1) is 13.3. The zero-order chi connectivity index (χ0) is 12.5. The van der Waals surface area contributed by atoms with E-state index >= 15 is 0 Å². The molecule has 1 saturated carbocycles. The molecule has 1 heterocycles. The Morgan fingerprint density at radius 1 is 1.59 bits per heavy atom. The summed E-state index contributed by atoms with van der Waals surface area (Å²) in [6.07, 6.45) is 3.74. The number of nitrogens with zero attached hydrogens (tertiary/aromatic N) is 1. The molecule has 17 heavy (non-hydrogen) atoms. The van der Waals surface area contributed by atoms with E-state index in [4.69, 9.17) is 17.3 Å². The van der Waals surface area contributed by atoms with Crippen LogP contribution in [-0.2, 0) is 6.54 Å². The van der Waals surface area contributed by atoms with Crippen molar-refractivity contribution < 1.29 is 0 Å². The van der Waals surface area contributed by atoms with Gasteiger partial charge in [-0.2, -0.15) is 0 Å². The molecule has 96 valence electrons. The number of hydrogen-bond acceptors (Lipinski definition) is 3. The minimum Gasteiger partial charge on any atom is -0.329 e. The first-order valence-electron chi connectivity index (χ1n) is 6.21. The van der Waals surface area contributed by atoms with E-state index in [2.05, 4.69) is 24.9 Å². The summed E-state index contributed by atoms with van der Waals surface area (Å²) in [4.78, 5) is 3.75. The third kappa shape index (κ3) is 2.84. The second kappa shape index (κ2) is 5.27. The molecule has 0 spiro atoms. The maximum absolute atomic E-state index is 6.03. The summed E-state index contributed by atoms with van der Waals surface area (Å²) in [5.41, 5.74) is 6.23. The fraction of sp³-hybridized carbons (Fsp3) is 0.692. The lowest BCUT2D eigenvalue weighted by Gasteiger charge is -2.38. The van der Waals surface area contributed by atoms with E-state index < -0.39 is 0 Å². The van der Waals surface area contributed by atoms with Crippen molar-refractivity contribution in [3.63, 3.8) is 0 Å². The highest BCUT2D eigenvalue weighted by Crippen LogP contribution is 2.38. The zero-order valence-corrected chi connectivity index (χ0v) is 12.2. The molecule has 2 atom stereocenters. The van der Waals surface area contributed by atoms with E-state index in [1.54, 1.807) is 11.3 Å². The number of thiophene rings is 1. The van der Waals surface area contributed by atoms with Gasteiger partial charge in [-0.1, -0.05) is 18.5 Å². The van der Waals surface area contributed by atoms with Gasteiger partial charge in [0.25, 0.3) is 0 Å². The van der Waals surface area contributed by atoms with Crippen LogP contribution in [0.2, 0.25) is 4.34 Å². The lowest BCUT2D eigenvalue weighted by molar-refractivity contribution is 0.121. The summed E-state index contributed by atoms with van der Waals surface area (Å²) in [7, 11) is 2.19. The van der Waals surface area contributed by atoms with E-state index in [1.165, 1.54) is 24.1 Å². The number of halogens is 1. The fourth-order valence-corrected chi connectivity index (χ4v) is 4.04. The molecule has 2 N–H and O–H groups in total. The number of nitrogens with two attached hydrogens (primary N) is 1. The molecule has 0 radical (unpaired) electrons. The molecular weight excluding hydrogens is 252 g/mol. The van der Waals surface area contributed by atoms with Crippen molar-refractivity contribution >= 4 is 22.9 Å². The van der Waals surface area contributed by atoms with Crippen molar-refractivity contribution in [1.29, 1.82) is 0 Å². The second-order valence-corrected chi connectivity index (χ2v) is 7.14. The highest BCUT2D eigenvalue weighted by Gasteiger charge is 2.39. The molecule has 1 aliphatic carbocycles. The molecule has 1 aromatic heterocycles. The van der Waals surface area contributed by atoms with Gasteiger partial charge >= 0.3 is 0 Å². The quantitative estimate of drug-likeness (QED) is 0.911. The van der Waals surface area contributed by atoms with Gasteiger partial charge in [0.05, 0.1) is 4.34 Å². The lowest BCUT2D eigenvalue weighted by Crippen LogP contribution is -2.49. The second-order valence-electron chi connectivity index (χ2n) is 5.34. The fourth-order valence-electron chi connectivity index (χ4n) is 2.89. The Balaban J connectivity index is 2.05. The third-order valence-electron chi connectivity index (χ3n) is 4.04. The molecule has 2 unspecified atom stereocenters. The van der Waals surface area contributed by atoms with Crippen LogP contribution < -0.4 is 5.73 Å². The molecule has 0 aliphatic heterocycles. The van der Waals surface area contributed by atoms with E-state index in [-0.39, 0.29) is 5.54 Å². The minimum atomic E-state index is 0.204. The largest absolute Gasteiger partial charge is 0.329 e. The van der Waals surface area contributed by atoms with Crippen LogP contribution in [0.1, 0.15) is 31.1 Å². The van der Waals surface area contributed by atoms with Crippen LogP contribution in [0.25, 0.3) is 0 Å².